The van der Waals surface area contributed by atoms with Crippen molar-refractivity contribution in [1.82, 2.24) is 5.32 Å². The van der Waals surface area contributed by atoms with Crippen LogP contribution in [0.3, 0.4) is 0 Å². The van der Waals surface area contributed by atoms with Crippen LogP contribution < -0.4 is 11.1 Å². The molecule has 3 N–H and O–H groups in total. The van der Waals surface area contributed by atoms with Crippen molar-refractivity contribution in [3.05, 3.63) is 22.6 Å². The molecule has 2 rings (SSSR count). The molecule has 0 unspecified atom stereocenters. The van der Waals surface area contributed by atoms with Crippen molar-refractivity contribution in [2.24, 2.45) is 10.7 Å². The van der Waals surface area contributed by atoms with Crippen LogP contribution in [0.5, 0.6) is 0 Å². The van der Waals surface area contributed by atoms with E-state index in [-0.39, 0.29) is 0 Å². The number of rotatable bonds is 4. The molecule has 0 aliphatic heterocycles. The molecule has 1 fully saturated rings. The van der Waals surface area contributed by atoms with Crippen molar-refractivity contribution in [3.63, 3.8) is 0 Å². The van der Waals surface area contributed by atoms with Gasteiger partial charge in [0.05, 0.1) is 0 Å². The van der Waals surface area contributed by atoms with Crippen molar-refractivity contribution in [2.45, 2.75) is 51.0 Å². The van der Waals surface area contributed by atoms with Crippen LogP contribution in [-0.2, 0) is 6.42 Å². The summed E-state index contributed by atoms with van der Waals surface area (Å²) in [5.41, 5.74) is 5.92. The Morgan fingerprint density at radius 3 is 2.68 bits per heavy atom. The Morgan fingerprint density at radius 2 is 2.05 bits per heavy atom. The summed E-state index contributed by atoms with van der Waals surface area (Å²) in [5.74, 6) is 1.50. The average molecular weight is 328 g/mol. The van der Waals surface area contributed by atoms with Crippen LogP contribution in [0.25, 0.3) is 0 Å². The third-order valence-corrected chi connectivity index (χ3v) is 3.90. The predicted molar refractivity (Wildman–Crippen MR) is 81.2 cm³/mol. The molecule has 0 aromatic carbocycles. The van der Waals surface area contributed by atoms with Crippen LogP contribution in [0.15, 0.2) is 26.2 Å². The Hall–Kier alpha value is -0.970. The summed E-state index contributed by atoms with van der Waals surface area (Å²) in [6.07, 6.45) is 8.49. The van der Waals surface area contributed by atoms with Gasteiger partial charge in [0.15, 0.2) is 10.6 Å². The molecule has 106 valence electrons. The molecule has 4 nitrogen and oxygen atoms in total. The predicted octanol–water partition coefficient (Wildman–Crippen LogP) is 3.21. The first-order valence-electron chi connectivity index (χ1n) is 7.05. The zero-order valence-corrected chi connectivity index (χ0v) is 12.8. The molecule has 1 heterocycles. The SMILES string of the molecule is NC(=NCCc1ccc(Br)o1)NC1CCCCCC1. The molecule has 0 amide bonds. The highest BCUT2D eigenvalue weighted by molar-refractivity contribution is 9.10. The van der Waals surface area contributed by atoms with E-state index in [1.54, 1.807) is 0 Å². The average Bonchev–Trinajstić information content (AvgIpc) is 2.63. The van der Waals surface area contributed by atoms with Crippen molar-refractivity contribution >= 4 is 21.9 Å². The molecule has 0 spiro atoms. The lowest BCUT2D eigenvalue weighted by molar-refractivity contribution is 0.488. The van der Waals surface area contributed by atoms with E-state index in [0.717, 1.165) is 16.9 Å². The molecule has 0 saturated heterocycles. The minimum absolute atomic E-state index is 0.504. The van der Waals surface area contributed by atoms with Crippen LogP contribution in [-0.4, -0.2) is 18.5 Å². The fourth-order valence-electron chi connectivity index (χ4n) is 2.45. The van der Waals surface area contributed by atoms with Gasteiger partial charge >= 0.3 is 0 Å². The minimum atomic E-state index is 0.504. The summed E-state index contributed by atoms with van der Waals surface area (Å²) in [6, 6.07) is 4.35. The minimum Gasteiger partial charge on any atom is -0.454 e. The number of nitrogens with zero attached hydrogens (tertiary/aromatic N) is 1. The first kappa shape index (κ1) is 14.4. The van der Waals surface area contributed by atoms with Gasteiger partial charge in [0.2, 0.25) is 0 Å². The molecule has 5 heteroatoms. The quantitative estimate of drug-likeness (QED) is 0.507. The highest BCUT2D eigenvalue weighted by Gasteiger charge is 2.12. The van der Waals surface area contributed by atoms with Gasteiger partial charge in [-0.3, -0.25) is 4.99 Å². The van der Waals surface area contributed by atoms with Gasteiger partial charge in [-0.1, -0.05) is 25.7 Å². The van der Waals surface area contributed by atoms with E-state index in [4.69, 9.17) is 10.2 Å². The number of nitrogens with one attached hydrogen (secondary N) is 1. The lowest BCUT2D eigenvalue weighted by Gasteiger charge is -2.16. The molecule has 1 aliphatic rings. The van der Waals surface area contributed by atoms with Crippen molar-refractivity contribution in [1.29, 1.82) is 0 Å². The van der Waals surface area contributed by atoms with E-state index in [1.807, 2.05) is 12.1 Å². The van der Waals surface area contributed by atoms with E-state index in [1.165, 1.54) is 38.5 Å². The normalized spacial score (nSPS) is 18.3. The summed E-state index contributed by atoms with van der Waals surface area (Å²) in [4.78, 5) is 4.36. The third kappa shape index (κ3) is 5.27. The summed E-state index contributed by atoms with van der Waals surface area (Å²) in [6.45, 7) is 0.658. The molecular formula is C14H22BrN3O. The van der Waals surface area contributed by atoms with Crippen LogP contribution in [0.4, 0.5) is 0 Å². The van der Waals surface area contributed by atoms with Crippen LogP contribution >= 0.6 is 15.9 Å². The van der Waals surface area contributed by atoms with Gasteiger partial charge < -0.3 is 15.5 Å². The zero-order chi connectivity index (χ0) is 13.5. The number of furan rings is 1. The second-order valence-electron chi connectivity index (χ2n) is 5.06. The first-order valence-corrected chi connectivity index (χ1v) is 7.84. The second-order valence-corrected chi connectivity index (χ2v) is 5.84. The van der Waals surface area contributed by atoms with Gasteiger partial charge in [0, 0.05) is 19.0 Å². The lowest BCUT2D eigenvalue weighted by Crippen LogP contribution is -2.40. The molecule has 0 radical (unpaired) electrons. The maximum atomic E-state index is 5.92. The molecule has 0 bridgehead atoms. The second kappa shape index (κ2) is 7.58. The van der Waals surface area contributed by atoms with E-state index in [0.29, 0.717) is 18.5 Å². The van der Waals surface area contributed by atoms with E-state index < -0.39 is 0 Å². The number of aliphatic imine (C=N–C) groups is 1. The summed E-state index contributed by atoms with van der Waals surface area (Å²) < 4.78 is 6.18. The zero-order valence-electron chi connectivity index (χ0n) is 11.2. The Balaban J connectivity index is 1.72. The van der Waals surface area contributed by atoms with E-state index in [9.17, 15) is 0 Å². The Bertz CT molecular complexity index is 409. The Kier molecular flexibility index (Phi) is 5.76. The van der Waals surface area contributed by atoms with Gasteiger partial charge in [-0.2, -0.15) is 0 Å². The Labute approximate surface area is 123 Å². The molecule has 0 atom stereocenters. The van der Waals surface area contributed by atoms with Gasteiger partial charge in [-0.15, -0.1) is 0 Å². The van der Waals surface area contributed by atoms with Crippen molar-refractivity contribution < 1.29 is 4.42 Å². The van der Waals surface area contributed by atoms with Gasteiger partial charge in [-0.05, 0) is 40.9 Å². The number of hydrogen-bond acceptors (Lipinski definition) is 2. The standard InChI is InChI=1S/C14H22BrN3O/c15-13-8-7-12(19-13)9-10-17-14(16)18-11-5-3-1-2-4-6-11/h7-8,11H,1-6,9-10H2,(H3,16,17,18). The maximum absolute atomic E-state index is 5.92. The fourth-order valence-corrected chi connectivity index (χ4v) is 2.79. The van der Waals surface area contributed by atoms with Crippen LogP contribution in [0.2, 0.25) is 0 Å². The third-order valence-electron chi connectivity index (χ3n) is 3.48. The molecule has 19 heavy (non-hydrogen) atoms. The Morgan fingerprint density at radius 1 is 1.32 bits per heavy atom. The largest absolute Gasteiger partial charge is 0.454 e. The number of guanidine groups is 1. The fraction of sp³-hybridized carbons (Fsp3) is 0.643. The molecular weight excluding hydrogens is 306 g/mol. The molecule has 1 aliphatic carbocycles. The van der Waals surface area contributed by atoms with Crippen molar-refractivity contribution in [3.8, 4) is 0 Å². The van der Waals surface area contributed by atoms with Crippen LogP contribution in [0.1, 0.15) is 44.3 Å². The van der Waals surface area contributed by atoms with Crippen LogP contribution in [0, 0.1) is 0 Å². The monoisotopic (exact) mass is 327 g/mol. The molecule has 1 aromatic rings. The number of nitrogens with two attached hydrogens (primary N) is 1. The summed E-state index contributed by atoms with van der Waals surface area (Å²) >= 11 is 3.29. The van der Waals surface area contributed by atoms with Gasteiger partial charge in [0.1, 0.15) is 5.76 Å². The summed E-state index contributed by atoms with van der Waals surface area (Å²) in [7, 11) is 0. The number of halogens is 1. The lowest BCUT2D eigenvalue weighted by atomic mass is 10.1. The van der Waals surface area contributed by atoms with E-state index in [2.05, 4.69) is 26.2 Å². The highest BCUT2D eigenvalue weighted by atomic mass is 79.9. The maximum Gasteiger partial charge on any atom is 0.188 e. The molecule has 1 aromatic heterocycles. The summed E-state index contributed by atoms with van der Waals surface area (Å²) in [5, 5.41) is 3.34. The van der Waals surface area contributed by atoms with E-state index >= 15 is 0 Å². The first-order chi connectivity index (χ1) is 9.24. The molecule has 1 saturated carbocycles. The number of hydrogen-bond donors (Lipinski definition) is 2. The topological polar surface area (TPSA) is 63.5 Å². The highest BCUT2D eigenvalue weighted by Crippen LogP contribution is 2.17. The van der Waals surface area contributed by atoms with Gasteiger partial charge in [0.25, 0.3) is 0 Å². The van der Waals surface area contributed by atoms with Crippen molar-refractivity contribution in [2.75, 3.05) is 6.54 Å². The smallest absolute Gasteiger partial charge is 0.188 e. The van der Waals surface area contributed by atoms with Gasteiger partial charge in [-0.25, -0.2) is 0 Å².